The largest absolute Gasteiger partial charge is 0.481 e. The monoisotopic (exact) mass is 480 g/mol. The number of carbonyl (C=O) groups excluding carboxylic acids is 2. The van der Waals surface area contributed by atoms with E-state index in [-0.39, 0.29) is 19.1 Å². The fourth-order valence-corrected chi connectivity index (χ4v) is 4.93. The molecule has 2 aromatic rings. The summed E-state index contributed by atoms with van der Waals surface area (Å²) in [6.07, 6.45) is 0.811. The molecule has 0 saturated carbocycles. The van der Waals surface area contributed by atoms with E-state index in [1.807, 2.05) is 50.2 Å². The quantitative estimate of drug-likeness (QED) is 0.415. The third-order valence-corrected chi connectivity index (χ3v) is 7.72. The third-order valence-electron chi connectivity index (χ3n) is 7.72. The molecule has 0 spiro atoms. The van der Waals surface area contributed by atoms with Crippen LogP contribution in [0.3, 0.4) is 0 Å². The molecule has 7 heteroatoms. The normalized spacial score (nSPS) is 13.0. The van der Waals surface area contributed by atoms with E-state index in [0.29, 0.717) is 25.7 Å². The van der Waals surface area contributed by atoms with Crippen LogP contribution in [0.1, 0.15) is 70.4 Å². The van der Waals surface area contributed by atoms with Crippen LogP contribution in [-0.4, -0.2) is 41.8 Å². The molecule has 7 nitrogen and oxygen atoms in total. The van der Waals surface area contributed by atoms with E-state index in [0.717, 1.165) is 22.3 Å². The summed E-state index contributed by atoms with van der Waals surface area (Å²) in [5.74, 6) is -1.42. The van der Waals surface area contributed by atoms with E-state index in [1.54, 1.807) is 13.8 Å². The summed E-state index contributed by atoms with van der Waals surface area (Å²) in [5, 5.41) is 15.2. The Labute approximate surface area is 207 Å². The molecule has 0 aliphatic heterocycles. The molecule has 0 fully saturated rings. The van der Waals surface area contributed by atoms with Crippen LogP contribution in [0.5, 0.6) is 0 Å². The molecule has 1 aliphatic carbocycles. The molecular formula is C28H36N2O5. The number of ether oxygens (including phenoxy) is 1. The van der Waals surface area contributed by atoms with E-state index < -0.39 is 28.9 Å². The maximum absolute atomic E-state index is 13.2. The van der Waals surface area contributed by atoms with Crippen LogP contribution in [-0.2, 0) is 14.3 Å². The first-order valence-electron chi connectivity index (χ1n) is 12.4. The number of carboxylic acids is 1. The van der Waals surface area contributed by atoms with Crippen molar-refractivity contribution in [3.63, 3.8) is 0 Å². The summed E-state index contributed by atoms with van der Waals surface area (Å²) in [6, 6.07) is 16.2. The number of carbonyl (C=O) groups is 3. The molecule has 0 saturated heterocycles. The predicted molar refractivity (Wildman–Crippen MR) is 135 cm³/mol. The first kappa shape index (κ1) is 26.3. The van der Waals surface area contributed by atoms with E-state index >= 15 is 0 Å². The van der Waals surface area contributed by atoms with Crippen LogP contribution in [0.2, 0.25) is 0 Å². The van der Waals surface area contributed by atoms with Gasteiger partial charge in [-0.25, -0.2) is 4.79 Å². The summed E-state index contributed by atoms with van der Waals surface area (Å²) < 4.78 is 5.65. The highest BCUT2D eigenvalue weighted by Crippen LogP contribution is 2.44. The Kier molecular flexibility index (Phi) is 8.20. The number of alkyl carbamates (subject to hydrolysis) is 1. The molecule has 2 amide bonds. The van der Waals surface area contributed by atoms with Crippen LogP contribution in [0.25, 0.3) is 11.1 Å². The third kappa shape index (κ3) is 5.04. The lowest BCUT2D eigenvalue weighted by Crippen LogP contribution is -2.59. The summed E-state index contributed by atoms with van der Waals surface area (Å²) in [7, 11) is 0. The van der Waals surface area contributed by atoms with Crippen molar-refractivity contribution >= 4 is 18.0 Å². The smallest absolute Gasteiger partial charge is 0.408 e. The van der Waals surface area contributed by atoms with Crippen molar-refractivity contribution in [2.24, 2.45) is 5.41 Å². The van der Waals surface area contributed by atoms with Gasteiger partial charge in [0, 0.05) is 12.5 Å². The van der Waals surface area contributed by atoms with Crippen LogP contribution in [0.4, 0.5) is 4.79 Å². The Hall–Kier alpha value is -3.35. The zero-order chi connectivity index (χ0) is 25.6. The van der Waals surface area contributed by atoms with Gasteiger partial charge in [0.25, 0.3) is 0 Å². The topological polar surface area (TPSA) is 105 Å². The molecule has 35 heavy (non-hydrogen) atoms. The zero-order valence-electron chi connectivity index (χ0n) is 21.0. The summed E-state index contributed by atoms with van der Waals surface area (Å²) in [4.78, 5) is 37.9. The molecule has 0 unspecified atom stereocenters. The van der Waals surface area contributed by atoms with Crippen molar-refractivity contribution < 1.29 is 24.2 Å². The molecule has 1 aliphatic rings. The van der Waals surface area contributed by atoms with Gasteiger partial charge in [0.05, 0.1) is 5.41 Å². The van der Waals surface area contributed by atoms with E-state index in [1.165, 1.54) is 0 Å². The zero-order valence-corrected chi connectivity index (χ0v) is 21.0. The standard InChI is InChI=1S/C28H36N2O5/c1-5-27(6-2,25(32)33)18-29-24(31)28(7-3,8-4)30-26(34)35-17-23-21-15-11-9-13-19(21)20-14-10-12-16-22(20)23/h9-16,23H,5-8,17-18H2,1-4H3,(H,29,31)(H,30,34)(H,32,33). The van der Waals surface area contributed by atoms with Gasteiger partial charge in [0.1, 0.15) is 12.1 Å². The van der Waals surface area contributed by atoms with Crippen LogP contribution < -0.4 is 10.6 Å². The van der Waals surface area contributed by atoms with Crippen molar-refractivity contribution in [3.8, 4) is 11.1 Å². The van der Waals surface area contributed by atoms with Crippen LogP contribution in [0, 0.1) is 5.41 Å². The van der Waals surface area contributed by atoms with Crippen molar-refractivity contribution in [1.82, 2.24) is 10.6 Å². The van der Waals surface area contributed by atoms with Crippen molar-refractivity contribution in [2.45, 2.75) is 64.8 Å². The van der Waals surface area contributed by atoms with Gasteiger partial charge in [-0.3, -0.25) is 9.59 Å². The van der Waals surface area contributed by atoms with Crippen LogP contribution >= 0.6 is 0 Å². The average Bonchev–Trinajstić information content (AvgIpc) is 3.20. The van der Waals surface area contributed by atoms with Gasteiger partial charge in [-0.15, -0.1) is 0 Å². The van der Waals surface area contributed by atoms with Gasteiger partial charge in [-0.1, -0.05) is 76.2 Å². The highest BCUT2D eigenvalue weighted by molar-refractivity contribution is 5.90. The summed E-state index contributed by atoms with van der Waals surface area (Å²) in [6.45, 7) is 7.38. The second kappa shape index (κ2) is 10.9. The van der Waals surface area contributed by atoms with Gasteiger partial charge >= 0.3 is 12.1 Å². The number of hydrogen-bond acceptors (Lipinski definition) is 4. The molecule has 0 bridgehead atoms. The molecular weight excluding hydrogens is 444 g/mol. The summed E-state index contributed by atoms with van der Waals surface area (Å²) >= 11 is 0. The molecule has 188 valence electrons. The van der Waals surface area contributed by atoms with Gasteiger partial charge in [0.15, 0.2) is 0 Å². The van der Waals surface area contributed by atoms with Gasteiger partial charge in [0.2, 0.25) is 5.91 Å². The number of rotatable bonds is 11. The van der Waals surface area contributed by atoms with Crippen LogP contribution in [0.15, 0.2) is 48.5 Å². The molecule has 3 N–H and O–H groups in total. The fourth-order valence-electron chi connectivity index (χ4n) is 4.93. The highest BCUT2D eigenvalue weighted by Gasteiger charge is 2.41. The number of carboxylic acid groups (broad SMARTS) is 1. The molecule has 0 atom stereocenters. The van der Waals surface area contributed by atoms with E-state index in [4.69, 9.17) is 4.74 Å². The number of nitrogens with one attached hydrogen (secondary N) is 2. The Morgan fingerprint density at radius 1 is 0.857 bits per heavy atom. The van der Waals surface area contributed by atoms with Crippen molar-refractivity contribution in [3.05, 3.63) is 59.7 Å². The number of hydrogen-bond donors (Lipinski definition) is 3. The second-order valence-electron chi connectivity index (χ2n) is 9.22. The lowest BCUT2D eigenvalue weighted by atomic mass is 9.82. The highest BCUT2D eigenvalue weighted by atomic mass is 16.5. The van der Waals surface area contributed by atoms with Crippen molar-refractivity contribution in [1.29, 1.82) is 0 Å². The van der Waals surface area contributed by atoms with Gasteiger partial charge in [-0.2, -0.15) is 0 Å². The number of amides is 2. The fraction of sp³-hybridized carbons (Fsp3) is 0.464. The first-order valence-corrected chi connectivity index (χ1v) is 12.4. The maximum atomic E-state index is 13.2. The average molecular weight is 481 g/mol. The molecule has 2 aromatic carbocycles. The van der Waals surface area contributed by atoms with Gasteiger partial charge in [-0.05, 0) is 47.9 Å². The maximum Gasteiger partial charge on any atom is 0.408 e. The lowest BCUT2D eigenvalue weighted by molar-refractivity contribution is -0.149. The predicted octanol–water partition coefficient (Wildman–Crippen LogP) is 5.09. The Morgan fingerprint density at radius 2 is 1.37 bits per heavy atom. The Balaban J connectivity index is 1.69. The molecule has 0 heterocycles. The molecule has 0 radical (unpaired) electrons. The van der Waals surface area contributed by atoms with E-state index in [2.05, 4.69) is 22.8 Å². The summed E-state index contributed by atoms with van der Waals surface area (Å²) in [5.41, 5.74) is 2.28. The number of fused-ring (bicyclic) bond motifs is 3. The minimum absolute atomic E-state index is 0.00227. The SMILES string of the molecule is CCC(CC)(CNC(=O)C(CC)(CC)NC(=O)OCC1c2ccccc2-c2ccccc21)C(=O)O. The Morgan fingerprint density at radius 3 is 1.83 bits per heavy atom. The first-order chi connectivity index (χ1) is 16.8. The Bertz CT molecular complexity index is 1030. The van der Waals surface area contributed by atoms with Crippen molar-refractivity contribution in [2.75, 3.05) is 13.2 Å². The minimum atomic E-state index is -1.19. The molecule has 3 rings (SSSR count). The van der Waals surface area contributed by atoms with E-state index in [9.17, 15) is 19.5 Å². The lowest BCUT2D eigenvalue weighted by Gasteiger charge is -2.33. The van der Waals surface area contributed by atoms with Gasteiger partial charge < -0.3 is 20.5 Å². The second-order valence-corrected chi connectivity index (χ2v) is 9.22. The minimum Gasteiger partial charge on any atom is -0.481 e. The molecule has 0 aromatic heterocycles. The number of aliphatic carboxylic acids is 1. The number of benzene rings is 2.